The van der Waals surface area contributed by atoms with Crippen LogP contribution in [0.5, 0.6) is 5.75 Å². The minimum absolute atomic E-state index is 0.150. The van der Waals surface area contributed by atoms with Gasteiger partial charge in [-0.05, 0) is 56.2 Å². The number of rotatable bonds is 8. The van der Waals surface area contributed by atoms with E-state index in [2.05, 4.69) is 12.2 Å². The molecule has 1 aliphatic rings. The van der Waals surface area contributed by atoms with Crippen LogP contribution in [0.1, 0.15) is 38.2 Å². The quantitative estimate of drug-likeness (QED) is 0.776. The fourth-order valence-electron chi connectivity index (χ4n) is 2.23. The van der Waals surface area contributed by atoms with Gasteiger partial charge in [0.15, 0.2) is 0 Å². The summed E-state index contributed by atoms with van der Waals surface area (Å²) in [6, 6.07) is 5.92. The lowest BCUT2D eigenvalue weighted by Crippen LogP contribution is -2.19. The smallest absolute Gasteiger partial charge is 0.130 e. The fourth-order valence-corrected chi connectivity index (χ4v) is 2.23. The minimum Gasteiger partial charge on any atom is -0.497 e. The largest absolute Gasteiger partial charge is 0.497 e. The van der Waals surface area contributed by atoms with Gasteiger partial charge in [-0.15, -0.1) is 0 Å². The third-order valence-corrected chi connectivity index (χ3v) is 3.81. The third kappa shape index (κ3) is 4.83. The zero-order valence-electron chi connectivity index (χ0n) is 11.9. The van der Waals surface area contributed by atoms with Crippen LogP contribution in [0.4, 0.5) is 4.39 Å². The zero-order valence-corrected chi connectivity index (χ0v) is 11.9. The van der Waals surface area contributed by atoms with Crippen molar-refractivity contribution in [1.29, 1.82) is 0 Å². The molecule has 1 aromatic rings. The number of benzene rings is 1. The van der Waals surface area contributed by atoms with Crippen LogP contribution in [-0.2, 0) is 6.42 Å². The Morgan fingerprint density at radius 2 is 2.16 bits per heavy atom. The number of ether oxygens (including phenoxy) is 1. The molecular formula is C16H24FNO. The highest BCUT2D eigenvalue weighted by Crippen LogP contribution is 2.21. The van der Waals surface area contributed by atoms with Gasteiger partial charge in [-0.2, -0.15) is 0 Å². The summed E-state index contributed by atoms with van der Waals surface area (Å²) in [5.41, 5.74) is 0.794. The van der Waals surface area contributed by atoms with E-state index in [1.165, 1.54) is 25.3 Å². The molecule has 0 aromatic heterocycles. The maximum Gasteiger partial charge on any atom is 0.130 e. The van der Waals surface area contributed by atoms with Crippen LogP contribution in [0.3, 0.4) is 0 Å². The van der Waals surface area contributed by atoms with E-state index in [1.807, 2.05) is 12.1 Å². The van der Waals surface area contributed by atoms with Crippen molar-refractivity contribution in [2.24, 2.45) is 5.92 Å². The lowest BCUT2D eigenvalue weighted by atomic mass is 9.98. The summed E-state index contributed by atoms with van der Waals surface area (Å²) < 4.78 is 18.8. The number of aryl methyl sites for hydroxylation is 1. The van der Waals surface area contributed by atoms with Crippen LogP contribution in [-0.4, -0.2) is 19.7 Å². The highest BCUT2D eigenvalue weighted by Gasteiger charge is 2.19. The fraction of sp³-hybridized carbons (Fsp3) is 0.625. The van der Waals surface area contributed by atoms with Gasteiger partial charge in [0.05, 0.1) is 7.11 Å². The average molecular weight is 265 g/mol. The standard InChI is InChI=1S/C16H24FNO/c1-12(9-10-18-14-6-7-14)3-4-13-5-8-15(19-2)11-16(13)17/h5,8,11-12,14,18H,3-4,6-7,9-10H2,1-2H3. The van der Waals surface area contributed by atoms with Gasteiger partial charge in [0.25, 0.3) is 0 Å². The molecule has 2 rings (SSSR count). The Hall–Kier alpha value is -1.09. The van der Waals surface area contributed by atoms with E-state index in [0.29, 0.717) is 11.7 Å². The summed E-state index contributed by atoms with van der Waals surface area (Å²) in [6.07, 6.45) is 5.70. The normalized spacial score (nSPS) is 16.4. The van der Waals surface area contributed by atoms with Gasteiger partial charge in [0.2, 0.25) is 0 Å². The van der Waals surface area contributed by atoms with Crippen LogP contribution >= 0.6 is 0 Å². The number of nitrogens with one attached hydrogen (secondary N) is 1. The first-order valence-corrected chi connectivity index (χ1v) is 7.25. The maximum atomic E-state index is 13.8. The van der Waals surface area contributed by atoms with Gasteiger partial charge >= 0.3 is 0 Å². The van der Waals surface area contributed by atoms with Crippen molar-refractivity contribution in [1.82, 2.24) is 5.32 Å². The zero-order chi connectivity index (χ0) is 13.7. The first-order valence-electron chi connectivity index (χ1n) is 7.25. The lowest BCUT2D eigenvalue weighted by molar-refractivity contribution is 0.410. The Bertz CT molecular complexity index is 404. The number of methoxy groups -OCH3 is 1. The van der Waals surface area contributed by atoms with Crippen molar-refractivity contribution < 1.29 is 9.13 Å². The average Bonchev–Trinajstić information content (AvgIpc) is 3.21. The summed E-state index contributed by atoms with van der Waals surface area (Å²) >= 11 is 0. The number of hydrogen-bond donors (Lipinski definition) is 1. The molecule has 0 heterocycles. The molecule has 0 amide bonds. The molecule has 3 heteroatoms. The molecule has 2 nitrogen and oxygen atoms in total. The predicted molar refractivity (Wildman–Crippen MR) is 76.1 cm³/mol. The van der Waals surface area contributed by atoms with Crippen molar-refractivity contribution in [3.63, 3.8) is 0 Å². The molecule has 1 saturated carbocycles. The Morgan fingerprint density at radius 1 is 1.37 bits per heavy atom. The van der Waals surface area contributed by atoms with Crippen LogP contribution in [0.15, 0.2) is 18.2 Å². The predicted octanol–water partition coefficient (Wildman–Crippen LogP) is 3.55. The SMILES string of the molecule is COc1ccc(CCC(C)CCNC2CC2)c(F)c1. The lowest BCUT2D eigenvalue weighted by Gasteiger charge is -2.12. The van der Waals surface area contributed by atoms with Crippen molar-refractivity contribution in [3.8, 4) is 5.75 Å². The van der Waals surface area contributed by atoms with Gasteiger partial charge in [-0.3, -0.25) is 0 Å². The molecule has 106 valence electrons. The van der Waals surface area contributed by atoms with Gasteiger partial charge in [0.1, 0.15) is 11.6 Å². The molecule has 0 aliphatic heterocycles. The molecule has 0 bridgehead atoms. The van der Waals surface area contributed by atoms with Gasteiger partial charge in [0, 0.05) is 12.1 Å². The first kappa shape index (κ1) is 14.3. The summed E-state index contributed by atoms with van der Waals surface area (Å²) in [7, 11) is 1.56. The summed E-state index contributed by atoms with van der Waals surface area (Å²) in [5.74, 6) is 1.07. The van der Waals surface area contributed by atoms with E-state index >= 15 is 0 Å². The van der Waals surface area contributed by atoms with Gasteiger partial charge in [-0.25, -0.2) is 4.39 Å². The van der Waals surface area contributed by atoms with E-state index in [9.17, 15) is 4.39 Å². The molecule has 1 atom stereocenters. The third-order valence-electron chi connectivity index (χ3n) is 3.81. The van der Waals surface area contributed by atoms with E-state index in [4.69, 9.17) is 4.74 Å². The Balaban J connectivity index is 1.71. The Labute approximate surface area is 115 Å². The topological polar surface area (TPSA) is 21.3 Å². The Morgan fingerprint density at radius 3 is 2.79 bits per heavy atom. The number of hydrogen-bond acceptors (Lipinski definition) is 2. The maximum absolute atomic E-state index is 13.8. The highest BCUT2D eigenvalue weighted by molar-refractivity contribution is 5.28. The molecule has 0 saturated heterocycles. The van der Waals surface area contributed by atoms with Gasteiger partial charge in [-0.1, -0.05) is 13.0 Å². The van der Waals surface area contributed by atoms with E-state index in [0.717, 1.165) is 31.0 Å². The van der Waals surface area contributed by atoms with Crippen LogP contribution < -0.4 is 10.1 Å². The van der Waals surface area contributed by atoms with E-state index in [1.54, 1.807) is 7.11 Å². The Kier molecular flexibility index (Phi) is 5.20. The van der Waals surface area contributed by atoms with Crippen molar-refractivity contribution in [3.05, 3.63) is 29.6 Å². The minimum atomic E-state index is -0.150. The van der Waals surface area contributed by atoms with Crippen LogP contribution in [0.2, 0.25) is 0 Å². The molecular weight excluding hydrogens is 241 g/mol. The van der Waals surface area contributed by atoms with Crippen LogP contribution in [0, 0.1) is 11.7 Å². The molecule has 1 fully saturated rings. The summed E-state index contributed by atoms with van der Waals surface area (Å²) in [4.78, 5) is 0. The van der Waals surface area contributed by atoms with Crippen molar-refractivity contribution in [2.45, 2.75) is 45.1 Å². The molecule has 19 heavy (non-hydrogen) atoms. The molecule has 1 N–H and O–H groups in total. The molecule has 1 aromatic carbocycles. The molecule has 1 unspecified atom stereocenters. The highest BCUT2D eigenvalue weighted by atomic mass is 19.1. The summed E-state index contributed by atoms with van der Waals surface area (Å²) in [6.45, 7) is 3.34. The number of halogens is 1. The molecule has 0 spiro atoms. The van der Waals surface area contributed by atoms with Crippen molar-refractivity contribution >= 4 is 0 Å². The first-order chi connectivity index (χ1) is 9.19. The molecule has 0 radical (unpaired) electrons. The monoisotopic (exact) mass is 265 g/mol. The van der Waals surface area contributed by atoms with Crippen molar-refractivity contribution in [2.75, 3.05) is 13.7 Å². The molecule has 1 aliphatic carbocycles. The van der Waals surface area contributed by atoms with Gasteiger partial charge < -0.3 is 10.1 Å². The second-order valence-electron chi connectivity index (χ2n) is 5.62. The second-order valence-corrected chi connectivity index (χ2v) is 5.62. The van der Waals surface area contributed by atoms with Crippen LogP contribution in [0.25, 0.3) is 0 Å². The van der Waals surface area contributed by atoms with E-state index < -0.39 is 0 Å². The second kappa shape index (κ2) is 6.90. The summed E-state index contributed by atoms with van der Waals surface area (Å²) in [5, 5.41) is 3.52. The van der Waals surface area contributed by atoms with E-state index in [-0.39, 0.29) is 5.82 Å².